The van der Waals surface area contributed by atoms with Crippen molar-refractivity contribution in [3.05, 3.63) is 35.4 Å². The minimum atomic E-state index is -4.27. The maximum atomic E-state index is 12.0. The zero-order valence-electron chi connectivity index (χ0n) is 10.6. The van der Waals surface area contributed by atoms with Gasteiger partial charge >= 0.3 is 6.18 Å². The molecule has 0 aromatic heterocycles. The summed E-state index contributed by atoms with van der Waals surface area (Å²) >= 11 is 0. The van der Waals surface area contributed by atoms with Gasteiger partial charge in [0.25, 0.3) is 0 Å². The molecule has 0 aliphatic heterocycles. The van der Waals surface area contributed by atoms with Crippen molar-refractivity contribution in [2.24, 2.45) is 0 Å². The van der Waals surface area contributed by atoms with E-state index < -0.39 is 12.8 Å². The fourth-order valence-corrected chi connectivity index (χ4v) is 1.76. The van der Waals surface area contributed by atoms with Crippen molar-refractivity contribution >= 4 is 0 Å². The molecule has 0 saturated carbocycles. The first-order valence-corrected chi connectivity index (χ1v) is 5.78. The van der Waals surface area contributed by atoms with Gasteiger partial charge < -0.3 is 10.1 Å². The Labute approximate surface area is 105 Å². The Hall–Kier alpha value is -1.07. The van der Waals surface area contributed by atoms with Gasteiger partial charge in [-0.05, 0) is 19.5 Å². The molecule has 2 nitrogen and oxygen atoms in total. The molecular weight excluding hydrogens is 243 g/mol. The smallest absolute Gasteiger partial charge is 0.371 e. The first-order valence-electron chi connectivity index (χ1n) is 5.78. The average Bonchev–Trinajstić information content (AvgIpc) is 2.26. The number of hydrogen-bond acceptors (Lipinski definition) is 2. The third-order valence-corrected chi connectivity index (χ3v) is 2.55. The van der Waals surface area contributed by atoms with Gasteiger partial charge in [0.2, 0.25) is 0 Å². The van der Waals surface area contributed by atoms with E-state index in [0.29, 0.717) is 6.54 Å². The van der Waals surface area contributed by atoms with E-state index in [1.165, 1.54) is 0 Å². The quantitative estimate of drug-likeness (QED) is 0.850. The normalized spacial score (nSPS) is 13.6. The summed E-state index contributed by atoms with van der Waals surface area (Å²) in [5, 5.41) is 2.97. The van der Waals surface area contributed by atoms with Crippen molar-refractivity contribution < 1.29 is 17.9 Å². The number of benzene rings is 1. The number of hydrogen-bond donors (Lipinski definition) is 1. The molecule has 1 atom stereocenters. The molecule has 0 spiro atoms. The molecule has 5 heteroatoms. The number of nitrogens with one attached hydrogen (secondary N) is 1. The standard InChI is InChI=1S/C13H18F3NO/c1-10-4-3-5-11(6-10)12(7-17-2)8-18-9-13(14,15)16/h3-6,12,17H,7-9H2,1-2H3. The Kier molecular flexibility index (Phi) is 5.62. The molecule has 0 saturated heterocycles. The molecule has 1 unspecified atom stereocenters. The van der Waals surface area contributed by atoms with Crippen LogP contribution in [0.1, 0.15) is 17.0 Å². The van der Waals surface area contributed by atoms with Crippen LogP contribution in [-0.2, 0) is 4.74 Å². The van der Waals surface area contributed by atoms with E-state index in [1.54, 1.807) is 7.05 Å². The van der Waals surface area contributed by atoms with Crippen LogP contribution in [0.25, 0.3) is 0 Å². The molecular formula is C13H18F3NO. The predicted molar refractivity (Wildman–Crippen MR) is 64.7 cm³/mol. The molecule has 0 heterocycles. The number of likely N-dealkylation sites (N-methyl/N-ethyl adjacent to an activating group) is 1. The number of halogens is 3. The van der Waals surface area contributed by atoms with Crippen molar-refractivity contribution in [1.82, 2.24) is 5.32 Å². The van der Waals surface area contributed by atoms with Crippen molar-refractivity contribution in [2.45, 2.75) is 19.0 Å². The summed E-state index contributed by atoms with van der Waals surface area (Å²) in [6, 6.07) is 7.73. The zero-order valence-corrected chi connectivity index (χ0v) is 10.6. The van der Waals surface area contributed by atoms with Gasteiger partial charge in [-0.25, -0.2) is 0 Å². The Balaban J connectivity index is 2.60. The van der Waals surface area contributed by atoms with Gasteiger partial charge in [-0.1, -0.05) is 29.8 Å². The van der Waals surface area contributed by atoms with E-state index in [0.717, 1.165) is 11.1 Å². The molecule has 1 aromatic carbocycles. The molecule has 0 amide bonds. The van der Waals surface area contributed by atoms with Crippen LogP contribution < -0.4 is 5.32 Å². The van der Waals surface area contributed by atoms with Crippen molar-refractivity contribution in [3.63, 3.8) is 0 Å². The predicted octanol–water partition coefficient (Wildman–Crippen LogP) is 2.88. The number of aryl methyl sites for hydroxylation is 1. The van der Waals surface area contributed by atoms with Gasteiger partial charge in [0.05, 0.1) is 6.61 Å². The summed E-state index contributed by atoms with van der Waals surface area (Å²) in [7, 11) is 1.77. The largest absolute Gasteiger partial charge is 0.411 e. The topological polar surface area (TPSA) is 21.3 Å². The molecule has 1 N–H and O–H groups in total. The molecule has 0 aliphatic rings. The number of alkyl halides is 3. The molecule has 0 fully saturated rings. The summed E-state index contributed by atoms with van der Waals surface area (Å²) in [6.45, 7) is 1.40. The summed E-state index contributed by atoms with van der Waals surface area (Å²) in [4.78, 5) is 0. The van der Waals surface area contributed by atoms with Crippen molar-refractivity contribution in [1.29, 1.82) is 0 Å². The van der Waals surface area contributed by atoms with E-state index in [9.17, 15) is 13.2 Å². The Morgan fingerprint density at radius 2 is 2.06 bits per heavy atom. The molecule has 0 aliphatic carbocycles. The van der Waals surface area contributed by atoms with Crippen LogP contribution in [-0.4, -0.2) is 33.0 Å². The third kappa shape index (κ3) is 5.51. The Morgan fingerprint density at radius 3 is 2.61 bits per heavy atom. The first-order chi connectivity index (χ1) is 8.42. The molecule has 102 valence electrons. The lowest BCUT2D eigenvalue weighted by Gasteiger charge is -2.18. The van der Waals surface area contributed by atoms with Crippen LogP contribution in [0, 0.1) is 6.92 Å². The van der Waals surface area contributed by atoms with Crippen LogP contribution >= 0.6 is 0 Å². The minimum Gasteiger partial charge on any atom is -0.371 e. The van der Waals surface area contributed by atoms with Crippen molar-refractivity contribution in [3.8, 4) is 0 Å². The van der Waals surface area contributed by atoms with Crippen LogP contribution in [0.15, 0.2) is 24.3 Å². The molecule has 1 aromatic rings. The van der Waals surface area contributed by atoms with Gasteiger partial charge in [-0.15, -0.1) is 0 Å². The summed E-state index contributed by atoms with van der Waals surface area (Å²) in [5.74, 6) is -0.0720. The highest BCUT2D eigenvalue weighted by molar-refractivity contribution is 5.25. The lowest BCUT2D eigenvalue weighted by atomic mass is 9.98. The third-order valence-electron chi connectivity index (χ3n) is 2.55. The summed E-state index contributed by atoms with van der Waals surface area (Å²) < 4.78 is 40.8. The van der Waals surface area contributed by atoms with Crippen molar-refractivity contribution in [2.75, 3.05) is 26.8 Å². The second-order valence-electron chi connectivity index (χ2n) is 4.30. The van der Waals surface area contributed by atoms with Gasteiger partial charge in [-0.3, -0.25) is 0 Å². The molecule has 18 heavy (non-hydrogen) atoms. The van der Waals surface area contributed by atoms with Crippen LogP contribution in [0.5, 0.6) is 0 Å². The molecule has 1 rings (SSSR count). The maximum absolute atomic E-state index is 12.0. The first kappa shape index (κ1) is 15.0. The van der Waals surface area contributed by atoms with E-state index in [4.69, 9.17) is 4.74 Å². The van der Waals surface area contributed by atoms with Gasteiger partial charge in [-0.2, -0.15) is 13.2 Å². The fourth-order valence-electron chi connectivity index (χ4n) is 1.76. The minimum absolute atomic E-state index is 0.0593. The summed E-state index contributed by atoms with van der Waals surface area (Å²) in [6.07, 6.45) is -4.27. The summed E-state index contributed by atoms with van der Waals surface area (Å²) in [5.41, 5.74) is 2.08. The monoisotopic (exact) mass is 261 g/mol. The van der Waals surface area contributed by atoms with E-state index in [1.807, 2.05) is 31.2 Å². The molecule has 0 bridgehead atoms. The second-order valence-corrected chi connectivity index (χ2v) is 4.30. The van der Waals surface area contributed by atoms with Gasteiger partial charge in [0, 0.05) is 12.5 Å². The van der Waals surface area contributed by atoms with Gasteiger partial charge in [0.1, 0.15) is 6.61 Å². The lowest BCUT2D eigenvalue weighted by Crippen LogP contribution is -2.25. The van der Waals surface area contributed by atoms with E-state index >= 15 is 0 Å². The highest BCUT2D eigenvalue weighted by atomic mass is 19.4. The highest BCUT2D eigenvalue weighted by Gasteiger charge is 2.28. The van der Waals surface area contributed by atoms with Crippen LogP contribution in [0.4, 0.5) is 13.2 Å². The van der Waals surface area contributed by atoms with Crippen LogP contribution in [0.3, 0.4) is 0 Å². The maximum Gasteiger partial charge on any atom is 0.411 e. The Bertz CT molecular complexity index is 365. The fraction of sp³-hybridized carbons (Fsp3) is 0.538. The van der Waals surface area contributed by atoms with E-state index in [-0.39, 0.29) is 12.5 Å². The highest BCUT2D eigenvalue weighted by Crippen LogP contribution is 2.19. The van der Waals surface area contributed by atoms with E-state index in [2.05, 4.69) is 5.32 Å². The second kappa shape index (κ2) is 6.75. The lowest BCUT2D eigenvalue weighted by molar-refractivity contribution is -0.174. The number of ether oxygens (including phenoxy) is 1. The Morgan fingerprint density at radius 1 is 1.33 bits per heavy atom. The molecule has 0 radical (unpaired) electrons. The van der Waals surface area contributed by atoms with Crippen LogP contribution in [0.2, 0.25) is 0 Å². The van der Waals surface area contributed by atoms with Gasteiger partial charge in [0.15, 0.2) is 0 Å². The number of rotatable bonds is 6. The SMILES string of the molecule is CNCC(COCC(F)(F)F)c1cccc(C)c1. The average molecular weight is 261 g/mol. The zero-order chi connectivity index (χ0) is 13.6.